The minimum absolute atomic E-state index is 0.0856. The summed E-state index contributed by atoms with van der Waals surface area (Å²) in [6.45, 7) is 3.84. The Hall–Kier alpha value is -1.84. The van der Waals surface area contributed by atoms with Gasteiger partial charge in [0.25, 0.3) is 0 Å². The van der Waals surface area contributed by atoms with E-state index in [0.717, 1.165) is 12.0 Å². The fraction of sp³-hybridized carbons (Fsp3) is 0.467. The zero-order valence-corrected chi connectivity index (χ0v) is 11.4. The molecule has 0 saturated heterocycles. The van der Waals surface area contributed by atoms with Crippen molar-refractivity contribution in [2.45, 2.75) is 45.8 Å². The highest BCUT2D eigenvalue weighted by atomic mass is 16.6. The molecule has 1 aromatic rings. The predicted octanol–water partition coefficient (Wildman–Crippen LogP) is 2.85. The molecular formula is C15H20O4. The van der Waals surface area contributed by atoms with Crippen molar-refractivity contribution >= 4 is 11.9 Å². The molecule has 1 aromatic carbocycles. The molecule has 0 amide bonds. The summed E-state index contributed by atoms with van der Waals surface area (Å²) in [5, 5.41) is 0. The zero-order chi connectivity index (χ0) is 14.1. The molecule has 0 radical (unpaired) electrons. The van der Waals surface area contributed by atoms with Crippen LogP contribution in [-0.4, -0.2) is 18.0 Å². The molecule has 1 atom stereocenters. The molecule has 0 fully saturated rings. The van der Waals surface area contributed by atoms with E-state index in [9.17, 15) is 9.59 Å². The summed E-state index contributed by atoms with van der Waals surface area (Å²) in [5.74, 6) is -0.633. The molecule has 19 heavy (non-hydrogen) atoms. The first-order valence-corrected chi connectivity index (χ1v) is 6.50. The van der Waals surface area contributed by atoms with E-state index in [1.54, 1.807) is 6.92 Å². The van der Waals surface area contributed by atoms with E-state index in [4.69, 9.17) is 9.47 Å². The van der Waals surface area contributed by atoms with Crippen molar-refractivity contribution in [3.05, 3.63) is 35.9 Å². The van der Waals surface area contributed by atoms with Gasteiger partial charge in [0.05, 0.1) is 6.42 Å². The molecule has 0 aliphatic carbocycles. The highest BCUT2D eigenvalue weighted by molar-refractivity contribution is 5.72. The van der Waals surface area contributed by atoms with E-state index in [-0.39, 0.29) is 25.0 Å². The van der Waals surface area contributed by atoms with E-state index in [2.05, 4.69) is 0 Å². The molecular weight excluding hydrogens is 244 g/mol. The largest absolute Gasteiger partial charge is 0.462 e. The van der Waals surface area contributed by atoms with Crippen LogP contribution in [0.5, 0.6) is 0 Å². The number of benzene rings is 1. The van der Waals surface area contributed by atoms with Crippen molar-refractivity contribution in [3.8, 4) is 0 Å². The van der Waals surface area contributed by atoms with Crippen LogP contribution in [0.1, 0.15) is 38.7 Å². The van der Waals surface area contributed by atoms with Crippen molar-refractivity contribution in [1.29, 1.82) is 0 Å². The minimum Gasteiger partial charge on any atom is -0.462 e. The smallest absolute Gasteiger partial charge is 0.309 e. The third kappa shape index (κ3) is 6.60. The first-order valence-electron chi connectivity index (χ1n) is 6.50. The van der Waals surface area contributed by atoms with Crippen LogP contribution in [0.3, 0.4) is 0 Å². The van der Waals surface area contributed by atoms with Crippen molar-refractivity contribution in [1.82, 2.24) is 0 Å². The third-order valence-electron chi connectivity index (χ3n) is 2.48. The van der Waals surface area contributed by atoms with Crippen LogP contribution in [0.4, 0.5) is 0 Å². The van der Waals surface area contributed by atoms with E-state index < -0.39 is 6.10 Å². The van der Waals surface area contributed by atoms with Crippen molar-refractivity contribution < 1.29 is 19.1 Å². The molecule has 1 rings (SSSR count). The molecule has 0 aliphatic heterocycles. The lowest BCUT2D eigenvalue weighted by Gasteiger charge is -2.12. The summed E-state index contributed by atoms with van der Waals surface area (Å²) in [6, 6.07) is 9.45. The van der Waals surface area contributed by atoms with Gasteiger partial charge in [0.2, 0.25) is 0 Å². The highest BCUT2D eigenvalue weighted by Gasteiger charge is 2.14. The second-order valence-corrected chi connectivity index (χ2v) is 4.40. The molecule has 0 aromatic heterocycles. The maximum atomic E-state index is 11.6. The maximum absolute atomic E-state index is 11.6. The second-order valence-electron chi connectivity index (χ2n) is 4.40. The number of carbonyl (C=O) groups excluding carboxylic acids is 2. The maximum Gasteiger partial charge on any atom is 0.309 e. The summed E-state index contributed by atoms with van der Waals surface area (Å²) in [7, 11) is 0. The molecule has 0 aliphatic rings. The molecule has 0 heterocycles. The van der Waals surface area contributed by atoms with E-state index in [1.165, 1.54) is 0 Å². The van der Waals surface area contributed by atoms with Crippen LogP contribution in [0.15, 0.2) is 30.3 Å². The number of hydrogen-bond donors (Lipinski definition) is 0. The Morgan fingerprint density at radius 3 is 2.47 bits per heavy atom. The number of esters is 2. The average molecular weight is 264 g/mol. The fourth-order valence-electron chi connectivity index (χ4n) is 1.56. The number of carbonyl (C=O) groups is 2. The van der Waals surface area contributed by atoms with Crippen LogP contribution in [0, 0.1) is 0 Å². The Labute approximate surface area is 113 Å². The molecule has 4 nitrogen and oxygen atoms in total. The highest BCUT2D eigenvalue weighted by Crippen LogP contribution is 2.06. The second kappa shape index (κ2) is 8.29. The van der Waals surface area contributed by atoms with Gasteiger partial charge < -0.3 is 9.47 Å². The van der Waals surface area contributed by atoms with Gasteiger partial charge in [-0.3, -0.25) is 9.59 Å². The predicted molar refractivity (Wildman–Crippen MR) is 71.3 cm³/mol. The third-order valence-corrected chi connectivity index (χ3v) is 2.48. The fourth-order valence-corrected chi connectivity index (χ4v) is 1.56. The van der Waals surface area contributed by atoms with E-state index >= 15 is 0 Å². The Balaban J connectivity index is 2.25. The molecule has 0 N–H and O–H groups in total. The lowest BCUT2D eigenvalue weighted by atomic mass is 10.2. The lowest BCUT2D eigenvalue weighted by Crippen LogP contribution is -2.19. The monoisotopic (exact) mass is 264 g/mol. The first kappa shape index (κ1) is 15.2. The topological polar surface area (TPSA) is 52.6 Å². The van der Waals surface area contributed by atoms with Crippen LogP contribution in [-0.2, 0) is 25.7 Å². The minimum atomic E-state index is -0.442. The number of ether oxygens (including phenoxy) is 2. The van der Waals surface area contributed by atoms with Crippen LogP contribution in [0.25, 0.3) is 0 Å². The standard InChI is InChI=1S/C15H20O4/c1-3-7-14(16)19-12(2)10-15(17)18-11-13-8-5-4-6-9-13/h4-6,8-9,12H,3,7,10-11H2,1-2H3. The zero-order valence-electron chi connectivity index (χ0n) is 11.4. The van der Waals surface area contributed by atoms with Gasteiger partial charge in [0.1, 0.15) is 12.7 Å². The van der Waals surface area contributed by atoms with Crippen molar-refractivity contribution in [2.24, 2.45) is 0 Å². The summed E-state index contributed by atoms with van der Waals surface area (Å²) in [5.41, 5.74) is 0.937. The summed E-state index contributed by atoms with van der Waals surface area (Å²) in [4.78, 5) is 22.8. The molecule has 4 heteroatoms. The number of hydrogen-bond acceptors (Lipinski definition) is 4. The van der Waals surface area contributed by atoms with Crippen LogP contribution >= 0.6 is 0 Å². The Kier molecular flexibility index (Phi) is 6.64. The van der Waals surface area contributed by atoms with E-state index in [1.807, 2.05) is 37.3 Å². The summed E-state index contributed by atoms with van der Waals surface area (Å²) < 4.78 is 10.2. The quantitative estimate of drug-likeness (QED) is 0.711. The van der Waals surface area contributed by atoms with Gasteiger partial charge in [-0.2, -0.15) is 0 Å². The van der Waals surface area contributed by atoms with Gasteiger partial charge in [-0.1, -0.05) is 37.3 Å². The molecule has 0 spiro atoms. The average Bonchev–Trinajstić information content (AvgIpc) is 2.37. The van der Waals surface area contributed by atoms with Gasteiger partial charge in [0.15, 0.2) is 0 Å². The number of rotatable bonds is 7. The van der Waals surface area contributed by atoms with Crippen LogP contribution < -0.4 is 0 Å². The van der Waals surface area contributed by atoms with Crippen molar-refractivity contribution in [2.75, 3.05) is 0 Å². The molecule has 104 valence electrons. The molecule has 0 bridgehead atoms. The SMILES string of the molecule is CCCC(=O)OC(C)CC(=O)OCc1ccccc1. The first-order chi connectivity index (χ1) is 9.11. The van der Waals surface area contributed by atoms with Gasteiger partial charge in [0, 0.05) is 6.42 Å². The Bertz CT molecular complexity index is 400. The van der Waals surface area contributed by atoms with Gasteiger partial charge in [-0.25, -0.2) is 0 Å². The normalized spacial score (nSPS) is 11.7. The summed E-state index contributed by atoms with van der Waals surface area (Å²) in [6.07, 6.45) is 0.762. The Morgan fingerprint density at radius 2 is 1.84 bits per heavy atom. The summed E-state index contributed by atoms with van der Waals surface area (Å²) >= 11 is 0. The van der Waals surface area contributed by atoms with E-state index in [0.29, 0.717) is 6.42 Å². The molecule has 0 saturated carbocycles. The van der Waals surface area contributed by atoms with Crippen LogP contribution in [0.2, 0.25) is 0 Å². The van der Waals surface area contributed by atoms with Gasteiger partial charge in [-0.05, 0) is 18.9 Å². The Morgan fingerprint density at radius 1 is 1.16 bits per heavy atom. The lowest BCUT2D eigenvalue weighted by molar-refractivity contribution is -0.154. The van der Waals surface area contributed by atoms with Gasteiger partial charge in [-0.15, -0.1) is 0 Å². The van der Waals surface area contributed by atoms with Crippen molar-refractivity contribution in [3.63, 3.8) is 0 Å². The molecule has 1 unspecified atom stereocenters. The van der Waals surface area contributed by atoms with Gasteiger partial charge >= 0.3 is 11.9 Å².